The van der Waals surface area contributed by atoms with Crippen LogP contribution in [0.5, 0.6) is 0 Å². The van der Waals surface area contributed by atoms with Crippen LogP contribution in [0.2, 0.25) is 0 Å². The van der Waals surface area contributed by atoms with Crippen molar-refractivity contribution in [1.29, 1.82) is 0 Å². The van der Waals surface area contributed by atoms with Crippen molar-refractivity contribution >= 4 is 24.0 Å². The minimum absolute atomic E-state index is 0. The molecule has 0 spiro atoms. The van der Waals surface area contributed by atoms with Gasteiger partial charge < -0.3 is 14.9 Å². The highest BCUT2D eigenvalue weighted by molar-refractivity contribution is 5.85. The van der Waals surface area contributed by atoms with Crippen LogP contribution in [0.3, 0.4) is 0 Å². The van der Waals surface area contributed by atoms with Gasteiger partial charge in [-0.15, -0.1) is 12.4 Å². The highest BCUT2D eigenvalue weighted by Gasteiger charge is 2.26. The van der Waals surface area contributed by atoms with Crippen molar-refractivity contribution in [3.63, 3.8) is 0 Å². The Hall–Kier alpha value is -2.82. The van der Waals surface area contributed by atoms with Gasteiger partial charge in [-0.05, 0) is 30.9 Å². The van der Waals surface area contributed by atoms with Crippen molar-refractivity contribution in [2.75, 3.05) is 55.7 Å². The molecule has 11 heteroatoms. The molecular weight excluding hydrogens is 476 g/mol. The third-order valence-corrected chi connectivity index (χ3v) is 6.70. The molecule has 2 aliphatic rings. The zero-order chi connectivity index (χ0) is 23.5. The number of piperidine rings is 1. The molecule has 1 N–H and O–H groups in total. The predicted molar refractivity (Wildman–Crippen MR) is 132 cm³/mol. The number of aliphatic hydroxyl groups excluding tert-OH is 1. The normalized spacial score (nSPS) is 17.5. The van der Waals surface area contributed by atoms with Crippen molar-refractivity contribution in [2.24, 2.45) is 5.92 Å². The van der Waals surface area contributed by atoms with Gasteiger partial charge in [0.25, 0.3) is 0 Å². The van der Waals surface area contributed by atoms with Crippen LogP contribution in [0.1, 0.15) is 18.4 Å². The van der Waals surface area contributed by atoms with E-state index in [0.29, 0.717) is 12.5 Å². The van der Waals surface area contributed by atoms with Gasteiger partial charge in [0.15, 0.2) is 11.6 Å². The third-order valence-electron chi connectivity index (χ3n) is 6.70. The number of anilines is 2. The van der Waals surface area contributed by atoms with E-state index in [4.69, 9.17) is 0 Å². The second-order valence-electron chi connectivity index (χ2n) is 8.97. The van der Waals surface area contributed by atoms with E-state index >= 15 is 0 Å². The summed E-state index contributed by atoms with van der Waals surface area (Å²) >= 11 is 0. The number of rotatable bonds is 6. The minimum Gasteiger partial charge on any atom is -0.396 e. The molecule has 2 saturated heterocycles. The Morgan fingerprint density at radius 2 is 1.57 bits per heavy atom. The molecule has 0 amide bonds. The number of nitrogens with zero attached hydrogens (tertiary/aromatic N) is 7. The number of halogens is 3. The monoisotopic (exact) mass is 505 g/mol. The van der Waals surface area contributed by atoms with Crippen LogP contribution in [-0.4, -0.2) is 75.6 Å². The molecule has 0 unspecified atom stereocenters. The fraction of sp³-hybridized carbons (Fsp3) is 0.458. The Morgan fingerprint density at radius 3 is 2.23 bits per heavy atom. The number of benzene rings is 1. The Kier molecular flexibility index (Phi) is 8.15. The smallest absolute Gasteiger partial charge is 0.172 e. The summed E-state index contributed by atoms with van der Waals surface area (Å²) in [6, 6.07) is 3.36. The van der Waals surface area contributed by atoms with Gasteiger partial charge in [-0.25, -0.2) is 23.4 Å². The van der Waals surface area contributed by atoms with E-state index in [2.05, 4.69) is 29.8 Å². The standard InChI is InChI=1S/C24H29F2N7O.ClH/c25-20-1-2-21(26)22(13-20)33-16-19(14-29-33)15-30-9-11-32(12-10-30)24-23(27-5-6-28-24)31-7-3-18(17-34)4-8-31;/h1-2,5-6,13-14,16,18,34H,3-4,7-12,15,17H2;1H. The van der Waals surface area contributed by atoms with Crippen LogP contribution in [-0.2, 0) is 6.54 Å². The van der Waals surface area contributed by atoms with E-state index < -0.39 is 11.6 Å². The first kappa shape index (κ1) is 25.3. The lowest BCUT2D eigenvalue weighted by atomic mass is 9.98. The molecular formula is C24H30ClF2N7O. The molecule has 0 aliphatic carbocycles. The van der Waals surface area contributed by atoms with Gasteiger partial charge >= 0.3 is 0 Å². The lowest BCUT2D eigenvalue weighted by molar-refractivity contribution is 0.202. The molecule has 8 nitrogen and oxygen atoms in total. The van der Waals surface area contributed by atoms with Gasteiger partial charge in [0, 0.05) is 82.6 Å². The largest absolute Gasteiger partial charge is 0.396 e. The number of aliphatic hydroxyl groups is 1. The quantitative estimate of drug-likeness (QED) is 0.552. The van der Waals surface area contributed by atoms with E-state index in [1.54, 1.807) is 24.8 Å². The highest BCUT2D eigenvalue weighted by atomic mass is 35.5. The van der Waals surface area contributed by atoms with Gasteiger partial charge in [-0.2, -0.15) is 5.10 Å². The summed E-state index contributed by atoms with van der Waals surface area (Å²) in [6.07, 6.45) is 8.87. The van der Waals surface area contributed by atoms with Gasteiger partial charge in [0.05, 0.1) is 6.20 Å². The molecule has 188 valence electrons. The summed E-state index contributed by atoms with van der Waals surface area (Å²) in [4.78, 5) is 16.2. The van der Waals surface area contributed by atoms with Crippen molar-refractivity contribution < 1.29 is 13.9 Å². The molecule has 5 rings (SSSR count). The van der Waals surface area contributed by atoms with Crippen molar-refractivity contribution in [3.8, 4) is 5.69 Å². The second-order valence-corrected chi connectivity index (χ2v) is 8.97. The van der Waals surface area contributed by atoms with Crippen molar-refractivity contribution in [2.45, 2.75) is 19.4 Å². The number of piperazine rings is 1. The molecule has 4 heterocycles. The molecule has 2 aromatic heterocycles. The zero-order valence-electron chi connectivity index (χ0n) is 19.4. The topological polar surface area (TPSA) is 73.6 Å². The maximum atomic E-state index is 14.1. The molecule has 0 radical (unpaired) electrons. The summed E-state index contributed by atoms with van der Waals surface area (Å²) in [5, 5.41) is 13.6. The summed E-state index contributed by atoms with van der Waals surface area (Å²) in [6.45, 7) is 6.05. The number of aromatic nitrogens is 4. The summed E-state index contributed by atoms with van der Waals surface area (Å²) in [5.74, 6) is 1.21. The Morgan fingerprint density at radius 1 is 0.914 bits per heavy atom. The fourth-order valence-electron chi connectivity index (χ4n) is 4.71. The maximum Gasteiger partial charge on any atom is 0.172 e. The minimum atomic E-state index is -0.509. The fourth-order valence-corrected chi connectivity index (χ4v) is 4.71. The molecule has 2 aliphatic heterocycles. The van der Waals surface area contributed by atoms with E-state index in [1.165, 1.54) is 4.68 Å². The lowest BCUT2D eigenvalue weighted by Gasteiger charge is -2.38. The first-order valence-electron chi connectivity index (χ1n) is 11.7. The first-order valence-corrected chi connectivity index (χ1v) is 11.7. The van der Waals surface area contributed by atoms with E-state index in [-0.39, 0.29) is 24.7 Å². The van der Waals surface area contributed by atoms with Crippen LogP contribution in [0.25, 0.3) is 5.69 Å². The van der Waals surface area contributed by atoms with Crippen LogP contribution in [0, 0.1) is 17.6 Å². The van der Waals surface area contributed by atoms with E-state index in [9.17, 15) is 13.9 Å². The highest BCUT2D eigenvalue weighted by Crippen LogP contribution is 2.29. The summed E-state index contributed by atoms with van der Waals surface area (Å²) < 4.78 is 29.0. The van der Waals surface area contributed by atoms with E-state index in [0.717, 1.165) is 87.5 Å². The Labute approximate surface area is 209 Å². The Balaban J connectivity index is 0.00000289. The predicted octanol–water partition coefficient (Wildman–Crippen LogP) is 2.89. The SMILES string of the molecule is Cl.OCC1CCN(c2nccnc2N2CCN(Cc3cnn(-c4cc(F)ccc4F)c3)CC2)CC1. The summed E-state index contributed by atoms with van der Waals surface area (Å²) in [5.41, 5.74) is 1.05. The molecule has 0 bridgehead atoms. The Bertz CT molecular complexity index is 1110. The van der Waals surface area contributed by atoms with Gasteiger partial charge in [0.1, 0.15) is 17.3 Å². The van der Waals surface area contributed by atoms with E-state index in [1.807, 2.05) is 0 Å². The number of hydrogen-bond acceptors (Lipinski definition) is 7. The average Bonchev–Trinajstić information content (AvgIpc) is 3.34. The van der Waals surface area contributed by atoms with Crippen LogP contribution in [0.15, 0.2) is 43.0 Å². The number of hydrogen-bond donors (Lipinski definition) is 1. The maximum absolute atomic E-state index is 14.1. The van der Waals surface area contributed by atoms with Gasteiger partial charge in [-0.1, -0.05) is 0 Å². The molecule has 1 aromatic carbocycles. The molecule has 0 saturated carbocycles. The van der Waals surface area contributed by atoms with Gasteiger partial charge in [-0.3, -0.25) is 4.90 Å². The average molecular weight is 506 g/mol. The van der Waals surface area contributed by atoms with Crippen molar-refractivity contribution in [1.82, 2.24) is 24.6 Å². The first-order chi connectivity index (χ1) is 16.6. The van der Waals surface area contributed by atoms with Crippen molar-refractivity contribution in [3.05, 3.63) is 60.2 Å². The third kappa shape index (κ3) is 5.71. The second kappa shape index (κ2) is 11.3. The molecule has 2 fully saturated rings. The van der Waals surface area contributed by atoms with Crippen LogP contribution < -0.4 is 9.80 Å². The molecule has 3 aromatic rings. The van der Waals surface area contributed by atoms with Crippen LogP contribution >= 0.6 is 12.4 Å². The zero-order valence-corrected chi connectivity index (χ0v) is 20.2. The summed E-state index contributed by atoms with van der Waals surface area (Å²) in [7, 11) is 0. The van der Waals surface area contributed by atoms with Crippen LogP contribution in [0.4, 0.5) is 20.4 Å². The lowest BCUT2D eigenvalue weighted by Crippen LogP contribution is -2.47. The molecule has 0 atom stereocenters. The molecule has 35 heavy (non-hydrogen) atoms. The van der Waals surface area contributed by atoms with Gasteiger partial charge in [0.2, 0.25) is 0 Å².